The highest BCUT2D eigenvalue weighted by molar-refractivity contribution is 6.01. The summed E-state index contributed by atoms with van der Waals surface area (Å²) in [6.45, 7) is 3.88. The number of anilines is 1. The Morgan fingerprint density at radius 2 is 2.06 bits per heavy atom. The number of fused-ring (bicyclic) bond motifs is 1. The lowest BCUT2D eigenvalue weighted by Gasteiger charge is -2.26. The molecule has 0 aliphatic carbocycles. The fourth-order valence-corrected chi connectivity index (χ4v) is 2.09. The molecule has 0 spiro atoms. The average molecular weight is 248 g/mol. The van der Waals surface area contributed by atoms with Gasteiger partial charge in [-0.25, -0.2) is 4.79 Å². The molecule has 3 N–H and O–H groups in total. The lowest BCUT2D eigenvalue weighted by molar-refractivity contribution is -0.122. The van der Waals surface area contributed by atoms with Gasteiger partial charge < -0.3 is 15.7 Å². The van der Waals surface area contributed by atoms with Crippen LogP contribution in [0.3, 0.4) is 0 Å². The van der Waals surface area contributed by atoms with Gasteiger partial charge in [0.15, 0.2) is 0 Å². The molecular weight excluding hydrogens is 232 g/mol. The summed E-state index contributed by atoms with van der Waals surface area (Å²) >= 11 is 0. The first-order chi connectivity index (χ1) is 8.30. The van der Waals surface area contributed by atoms with Gasteiger partial charge in [0, 0.05) is 12.2 Å². The van der Waals surface area contributed by atoms with Gasteiger partial charge in [-0.2, -0.15) is 0 Å². The number of carboxylic acid groups (broad SMARTS) is 1. The lowest BCUT2D eigenvalue weighted by atomic mass is 10.0. The second kappa shape index (κ2) is 4.10. The number of amides is 1. The Labute approximate surface area is 105 Å². The van der Waals surface area contributed by atoms with Crippen molar-refractivity contribution in [2.24, 2.45) is 5.73 Å². The Morgan fingerprint density at radius 3 is 2.61 bits per heavy atom. The summed E-state index contributed by atoms with van der Waals surface area (Å²) in [6, 6.07) is 4.81. The molecule has 5 nitrogen and oxygen atoms in total. The van der Waals surface area contributed by atoms with Crippen molar-refractivity contribution in [3.63, 3.8) is 0 Å². The summed E-state index contributed by atoms with van der Waals surface area (Å²) in [5, 5.41) is 8.92. The number of nitrogens with two attached hydrogens (primary N) is 1. The largest absolute Gasteiger partial charge is 0.478 e. The number of carbonyl (C=O) groups excluding carboxylic acids is 1. The molecule has 0 saturated carbocycles. The van der Waals surface area contributed by atoms with E-state index < -0.39 is 11.5 Å². The zero-order valence-electron chi connectivity index (χ0n) is 10.4. The van der Waals surface area contributed by atoms with Crippen molar-refractivity contribution < 1.29 is 14.7 Å². The second-order valence-electron chi connectivity index (χ2n) is 5.08. The molecule has 96 valence electrons. The summed E-state index contributed by atoms with van der Waals surface area (Å²) in [7, 11) is 0. The fraction of sp³-hybridized carbons (Fsp3) is 0.385. The number of carboxylic acids is 1. The van der Waals surface area contributed by atoms with Gasteiger partial charge in [-0.1, -0.05) is 0 Å². The van der Waals surface area contributed by atoms with Crippen LogP contribution in [0.1, 0.15) is 29.8 Å². The number of hydrogen-bond acceptors (Lipinski definition) is 3. The second-order valence-corrected chi connectivity index (χ2v) is 5.08. The van der Waals surface area contributed by atoms with E-state index in [-0.39, 0.29) is 11.5 Å². The number of aromatic carboxylic acids is 1. The van der Waals surface area contributed by atoms with Crippen molar-refractivity contribution in [3.8, 4) is 0 Å². The predicted molar refractivity (Wildman–Crippen MR) is 67.7 cm³/mol. The summed E-state index contributed by atoms with van der Waals surface area (Å²) < 4.78 is 0. The molecule has 1 aromatic carbocycles. The Bertz CT molecular complexity index is 517. The Kier molecular flexibility index (Phi) is 2.86. The Balaban J connectivity index is 2.35. The maximum Gasteiger partial charge on any atom is 0.335 e. The van der Waals surface area contributed by atoms with Crippen LogP contribution in [-0.2, 0) is 11.2 Å². The van der Waals surface area contributed by atoms with E-state index >= 15 is 0 Å². The van der Waals surface area contributed by atoms with Crippen molar-refractivity contribution in [2.45, 2.75) is 25.8 Å². The molecule has 0 fully saturated rings. The predicted octanol–water partition coefficient (Wildman–Crippen LogP) is 1.01. The van der Waals surface area contributed by atoms with Crippen molar-refractivity contribution in [1.82, 2.24) is 0 Å². The third kappa shape index (κ3) is 2.09. The maximum atomic E-state index is 12.1. The van der Waals surface area contributed by atoms with E-state index in [1.165, 1.54) is 6.07 Å². The van der Waals surface area contributed by atoms with E-state index in [9.17, 15) is 9.59 Å². The third-order valence-corrected chi connectivity index (χ3v) is 3.02. The smallest absolute Gasteiger partial charge is 0.335 e. The molecule has 1 heterocycles. The summed E-state index contributed by atoms with van der Waals surface area (Å²) in [5.74, 6) is -1.11. The van der Waals surface area contributed by atoms with Crippen LogP contribution in [0.2, 0.25) is 0 Å². The van der Waals surface area contributed by atoms with Crippen LogP contribution in [-0.4, -0.2) is 29.1 Å². The summed E-state index contributed by atoms with van der Waals surface area (Å²) in [4.78, 5) is 24.6. The quantitative estimate of drug-likeness (QED) is 0.818. The topological polar surface area (TPSA) is 83.6 Å². The number of benzene rings is 1. The normalized spacial score (nSPS) is 14.5. The molecule has 1 amide bonds. The van der Waals surface area contributed by atoms with Gasteiger partial charge in [-0.05, 0) is 44.0 Å². The molecule has 5 heteroatoms. The highest BCUT2D eigenvalue weighted by Crippen LogP contribution is 2.30. The molecule has 18 heavy (non-hydrogen) atoms. The van der Waals surface area contributed by atoms with Crippen molar-refractivity contribution >= 4 is 17.6 Å². The monoisotopic (exact) mass is 248 g/mol. The minimum Gasteiger partial charge on any atom is -0.478 e. The third-order valence-electron chi connectivity index (χ3n) is 3.02. The van der Waals surface area contributed by atoms with Crippen molar-refractivity contribution in [2.75, 3.05) is 11.4 Å². The van der Waals surface area contributed by atoms with E-state index in [2.05, 4.69) is 0 Å². The van der Waals surface area contributed by atoms with Gasteiger partial charge in [-0.3, -0.25) is 4.79 Å². The van der Waals surface area contributed by atoms with Crippen LogP contribution in [0, 0.1) is 0 Å². The number of rotatable bonds is 2. The standard InChI is InChI=1S/C13H16N2O3/c1-13(2,14)12(18)15-6-5-8-7-9(11(16)17)3-4-10(8)15/h3-4,7H,5-6,14H2,1-2H3,(H,16,17). The van der Waals surface area contributed by atoms with Gasteiger partial charge in [0.05, 0.1) is 11.1 Å². The van der Waals surface area contributed by atoms with E-state index in [4.69, 9.17) is 10.8 Å². The first kappa shape index (κ1) is 12.6. The van der Waals surface area contributed by atoms with Crippen LogP contribution in [0.4, 0.5) is 5.69 Å². The first-order valence-electron chi connectivity index (χ1n) is 5.78. The highest BCUT2D eigenvalue weighted by Gasteiger charge is 2.32. The minimum absolute atomic E-state index is 0.149. The van der Waals surface area contributed by atoms with E-state index in [0.29, 0.717) is 13.0 Å². The molecule has 1 aliphatic rings. The molecule has 0 atom stereocenters. The van der Waals surface area contributed by atoms with Crippen LogP contribution in [0.5, 0.6) is 0 Å². The fourth-order valence-electron chi connectivity index (χ4n) is 2.09. The zero-order chi connectivity index (χ0) is 13.5. The Morgan fingerprint density at radius 1 is 1.39 bits per heavy atom. The summed E-state index contributed by atoms with van der Waals surface area (Å²) in [5.41, 5.74) is 6.78. The average Bonchev–Trinajstić information content (AvgIpc) is 2.68. The molecule has 0 aromatic heterocycles. The Hall–Kier alpha value is -1.88. The van der Waals surface area contributed by atoms with Gasteiger partial charge >= 0.3 is 5.97 Å². The number of carbonyl (C=O) groups is 2. The number of hydrogen-bond donors (Lipinski definition) is 2. The van der Waals surface area contributed by atoms with Crippen LogP contribution >= 0.6 is 0 Å². The molecule has 0 saturated heterocycles. The van der Waals surface area contributed by atoms with E-state index in [0.717, 1.165) is 11.3 Å². The zero-order valence-corrected chi connectivity index (χ0v) is 10.4. The molecule has 0 radical (unpaired) electrons. The molecule has 0 unspecified atom stereocenters. The maximum absolute atomic E-state index is 12.1. The lowest BCUT2D eigenvalue weighted by Crippen LogP contribution is -2.50. The minimum atomic E-state index is -0.957. The van der Waals surface area contributed by atoms with Crippen LogP contribution in [0.15, 0.2) is 18.2 Å². The van der Waals surface area contributed by atoms with Gasteiger partial charge in [-0.15, -0.1) is 0 Å². The number of nitrogens with zero attached hydrogens (tertiary/aromatic N) is 1. The van der Waals surface area contributed by atoms with Gasteiger partial charge in [0.25, 0.3) is 0 Å². The van der Waals surface area contributed by atoms with E-state index in [1.807, 2.05) is 0 Å². The molecule has 2 rings (SSSR count). The summed E-state index contributed by atoms with van der Waals surface area (Å²) in [6.07, 6.45) is 0.665. The highest BCUT2D eigenvalue weighted by atomic mass is 16.4. The van der Waals surface area contributed by atoms with Crippen LogP contribution < -0.4 is 10.6 Å². The molecule has 1 aromatic rings. The van der Waals surface area contributed by atoms with Crippen molar-refractivity contribution in [3.05, 3.63) is 29.3 Å². The van der Waals surface area contributed by atoms with Gasteiger partial charge in [0.1, 0.15) is 0 Å². The van der Waals surface area contributed by atoms with E-state index in [1.54, 1.807) is 30.9 Å². The SMILES string of the molecule is CC(C)(N)C(=O)N1CCc2cc(C(=O)O)ccc21. The molecular formula is C13H16N2O3. The van der Waals surface area contributed by atoms with Crippen molar-refractivity contribution in [1.29, 1.82) is 0 Å². The van der Waals surface area contributed by atoms with Crippen LogP contribution in [0.25, 0.3) is 0 Å². The molecule has 0 bridgehead atoms. The molecule has 1 aliphatic heterocycles. The van der Waals surface area contributed by atoms with Gasteiger partial charge in [0.2, 0.25) is 5.91 Å². The first-order valence-corrected chi connectivity index (χ1v) is 5.78.